The van der Waals surface area contributed by atoms with Gasteiger partial charge in [-0.3, -0.25) is 0 Å². The first-order valence-electron chi connectivity index (χ1n) is 4.93. The molecule has 0 aliphatic carbocycles. The van der Waals surface area contributed by atoms with Crippen molar-refractivity contribution in [3.63, 3.8) is 0 Å². The molecular formula is C12H15NO. The maximum absolute atomic E-state index is 5.99. The number of ether oxygens (including phenoxy) is 1. The topological polar surface area (TPSA) is 35.2 Å². The van der Waals surface area contributed by atoms with Crippen molar-refractivity contribution in [1.82, 2.24) is 0 Å². The van der Waals surface area contributed by atoms with E-state index in [-0.39, 0.29) is 6.04 Å². The van der Waals surface area contributed by atoms with Crippen LogP contribution in [0.4, 0.5) is 0 Å². The van der Waals surface area contributed by atoms with Crippen molar-refractivity contribution in [1.29, 1.82) is 0 Å². The Balaban J connectivity index is 2.23. The highest BCUT2D eigenvalue weighted by Crippen LogP contribution is 2.28. The molecule has 1 aromatic rings. The maximum Gasteiger partial charge on any atom is 0.122 e. The fraction of sp³-hybridized carbons (Fsp3) is 0.333. The third-order valence-electron chi connectivity index (χ3n) is 2.56. The molecule has 0 radical (unpaired) electrons. The Morgan fingerprint density at radius 2 is 2.43 bits per heavy atom. The van der Waals surface area contributed by atoms with Crippen molar-refractivity contribution in [3.8, 4) is 5.75 Å². The highest BCUT2D eigenvalue weighted by Gasteiger charge is 2.13. The Hall–Kier alpha value is -1.28. The highest BCUT2D eigenvalue weighted by atomic mass is 16.5. The van der Waals surface area contributed by atoms with Gasteiger partial charge < -0.3 is 10.5 Å². The molecule has 1 aliphatic rings. The summed E-state index contributed by atoms with van der Waals surface area (Å²) in [6, 6.07) is 6.27. The maximum atomic E-state index is 5.99. The van der Waals surface area contributed by atoms with Gasteiger partial charge in [0.2, 0.25) is 0 Å². The first-order valence-corrected chi connectivity index (χ1v) is 4.93. The van der Waals surface area contributed by atoms with E-state index in [1.54, 1.807) is 0 Å². The van der Waals surface area contributed by atoms with Gasteiger partial charge in [0.15, 0.2) is 0 Å². The van der Waals surface area contributed by atoms with Crippen LogP contribution in [0.25, 0.3) is 0 Å². The molecule has 1 atom stereocenters. The predicted octanol–water partition coefficient (Wildman–Crippen LogP) is 2.20. The van der Waals surface area contributed by atoms with E-state index in [4.69, 9.17) is 10.5 Å². The van der Waals surface area contributed by atoms with Crippen LogP contribution in [0.1, 0.15) is 23.6 Å². The summed E-state index contributed by atoms with van der Waals surface area (Å²) in [6.07, 6.45) is 3.68. The third-order valence-corrected chi connectivity index (χ3v) is 2.56. The summed E-state index contributed by atoms with van der Waals surface area (Å²) in [6.45, 7) is 4.50. The Morgan fingerprint density at radius 3 is 3.21 bits per heavy atom. The molecular weight excluding hydrogens is 174 g/mol. The van der Waals surface area contributed by atoms with Crippen molar-refractivity contribution in [2.24, 2.45) is 5.73 Å². The second kappa shape index (κ2) is 3.84. The van der Waals surface area contributed by atoms with Gasteiger partial charge in [0, 0.05) is 12.5 Å². The van der Waals surface area contributed by atoms with Crippen molar-refractivity contribution in [2.45, 2.75) is 18.9 Å². The van der Waals surface area contributed by atoms with Crippen LogP contribution in [-0.2, 0) is 6.42 Å². The number of rotatable bonds is 3. The Kier molecular flexibility index (Phi) is 2.55. The van der Waals surface area contributed by atoms with Crippen molar-refractivity contribution >= 4 is 0 Å². The second-order valence-electron chi connectivity index (χ2n) is 3.60. The van der Waals surface area contributed by atoms with Gasteiger partial charge in [0.05, 0.1) is 6.61 Å². The van der Waals surface area contributed by atoms with E-state index in [0.29, 0.717) is 0 Å². The summed E-state index contributed by atoms with van der Waals surface area (Å²) in [5.41, 5.74) is 8.44. The number of benzene rings is 1. The molecule has 0 saturated heterocycles. The SMILES string of the molecule is C=CC[C@@H](N)c1ccc2c(c1)CCO2. The quantitative estimate of drug-likeness (QED) is 0.740. The van der Waals surface area contributed by atoms with Crippen LogP contribution < -0.4 is 10.5 Å². The molecule has 1 aromatic carbocycles. The average Bonchev–Trinajstić information content (AvgIpc) is 2.64. The van der Waals surface area contributed by atoms with E-state index in [2.05, 4.69) is 12.6 Å². The van der Waals surface area contributed by atoms with E-state index in [0.717, 1.165) is 25.2 Å². The summed E-state index contributed by atoms with van der Waals surface area (Å²) in [4.78, 5) is 0. The lowest BCUT2D eigenvalue weighted by Crippen LogP contribution is -2.08. The molecule has 0 spiro atoms. The van der Waals surface area contributed by atoms with Gasteiger partial charge in [0.25, 0.3) is 0 Å². The molecule has 0 bridgehead atoms. The van der Waals surface area contributed by atoms with Crippen LogP contribution in [0.2, 0.25) is 0 Å². The molecule has 74 valence electrons. The zero-order valence-electron chi connectivity index (χ0n) is 8.20. The van der Waals surface area contributed by atoms with Gasteiger partial charge >= 0.3 is 0 Å². The van der Waals surface area contributed by atoms with Gasteiger partial charge in [-0.15, -0.1) is 6.58 Å². The summed E-state index contributed by atoms with van der Waals surface area (Å²) in [5.74, 6) is 1.01. The highest BCUT2D eigenvalue weighted by molar-refractivity contribution is 5.40. The lowest BCUT2D eigenvalue weighted by Gasteiger charge is -2.10. The van der Waals surface area contributed by atoms with E-state index >= 15 is 0 Å². The van der Waals surface area contributed by atoms with Crippen LogP contribution >= 0.6 is 0 Å². The fourth-order valence-corrected chi connectivity index (χ4v) is 1.75. The van der Waals surface area contributed by atoms with Gasteiger partial charge in [-0.25, -0.2) is 0 Å². The normalized spacial score (nSPS) is 15.8. The van der Waals surface area contributed by atoms with Crippen molar-refractivity contribution in [2.75, 3.05) is 6.61 Å². The van der Waals surface area contributed by atoms with E-state index in [9.17, 15) is 0 Å². The third kappa shape index (κ3) is 1.66. The largest absolute Gasteiger partial charge is 0.493 e. The zero-order chi connectivity index (χ0) is 9.97. The molecule has 0 aromatic heterocycles. The lowest BCUT2D eigenvalue weighted by molar-refractivity contribution is 0.357. The molecule has 2 N–H and O–H groups in total. The molecule has 0 amide bonds. The molecule has 0 saturated carbocycles. The van der Waals surface area contributed by atoms with Crippen LogP contribution in [0.15, 0.2) is 30.9 Å². The fourth-order valence-electron chi connectivity index (χ4n) is 1.75. The summed E-state index contributed by atoms with van der Waals surface area (Å²) < 4.78 is 5.43. The average molecular weight is 189 g/mol. The molecule has 0 fully saturated rings. The summed E-state index contributed by atoms with van der Waals surface area (Å²) in [7, 11) is 0. The molecule has 14 heavy (non-hydrogen) atoms. The van der Waals surface area contributed by atoms with Crippen molar-refractivity contribution < 1.29 is 4.74 Å². The van der Waals surface area contributed by atoms with Crippen LogP contribution in [0.3, 0.4) is 0 Å². The molecule has 2 rings (SSSR count). The Bertz CT molecular complexity index is 346. The van der Waals surface area contributed by atoms with Crippen molar-refractivity contribution in [3.05, 3.63) is 42.0 Å². The first-order chi connectivity index (χ1) is 6.81. The van der Waals surface area contributed by atoms with Gasteiger partial charge in [-0.2, -0.15) is 0 Å². The number of hydrogen-bond donors (Lipinski definition) is 1. The minimum Gasteiger partial charge on any atom is -0.493 e. The standard InChI is InChI=1S/C12H15NO/c1-2-3-11(13)9-4-5-12-10(8-9)6-7-14-12/h2,4-5,8,11H,1,3,6-7,13H2/t11-/m1/s1. The number of nitrogens with two attached hydrogens (primary N) is 1. The molecule has 1 aliphatic heterocycles. The smallest absolute Gasteiger partial charge is 0.122 e. The first kappa shape index (κ1) is 9.28. The molecule has 2 nitrogen and oxygen atoms in total. The molecule has 1 heterocycles. The molecule has 2 heteroatoms. The Labute approximate surface area is 84.4 Å². The second-order valence-corrected chi connectivity index (χ2v) is 3.60. The zero-order valence-corrected chi connectivity index (χ0v) is 8.20. The van der Waals surface area contributed by atoms with Crippen LogP contribution in [0.5, 0.6) is 5.75 Å². The number of hydrogen-bond acceptors (Lipinski definition) is 2. The monoisotopic (exact) mass is 189 g/mol. The summed E-state index contributed by atoms with van der Waals surface area (Å²) in [5, 5.41) is 0. The van der Waals surface area contributed by atoms with Gasteiger partial charge in [0.1, 0.15) is 5.75 Å². The summed E-state index contributed by atoms with van der Waals surface area (Å²) >= 11 is 0. The Morgan fingerprint density at radius 1 is 1.57 bits per heavy atom. The van der Waals surface area contributed by atoms with E-state index in [1.807, 2.05) is 18.2 Å². The minimum absolute atomic E-state index is 0.0680. The molecule has 0 unspecified atom stereocenters. The predicted molar refractivity (Wildman–Crippen MR) is 57.4 cm³/mol. The van der Waals surface area contributed by atoms with Crippen LogP contribution in [0, 0.1) is 0 Å². The van der Waals surface area contributed by atoms with Gasteiger partial charge in [-0.1, -0.05) is 18.2 Å². The minimum atomic E-state index is 0.0680. The lowest BCUT2D eigenvalue weighted by atomic mass is 10.0. The van der Waals surface area contributed by atoms with Crippen LogP contribution in [-0.4, -0.2) is 6.61 Å². The van der Waals surface area contributed by atoms with E-state index < -0.39 is 0 Å². The van der Waals surface area contributed by atoms with E-state index in [1.165, 1.54) is 11.1 Å². The van der Waals surface area contributed by atoms with Gasteiger partial charge in [-0.05, 0) is 23.6 Å². The number of fused-ring (bicyclic) bond motifs is 1.